The van der Waals surface area contributed by atoms with E-state index in [0.717, 1.165) is 29.5 Å². The van der Waals surface area contributed by atoms with Gasteiger partial charge in [0.2, 0.25) is 0 Å². The van der Waals surface area contributed by atoms with E-state index in [1.165, 1.54) is 5.56 Å². The topological polar surface area (TPSA) is 29.3 Å². The van der Waals surface area contributed by atoms with Crippen LogP contribution in [-0.4, -0.2) is 6.54 Å². The first-order valence-corrected chi connectivity index (χ1v) is 6.42. The van der Waals surface area contributed by atoms with E-state index in [4.69, 9.17) is 17.3 Å². The number of hydrogen-bond acceptors (Lipinski definition) is 2. The first-order chi connectivity index (χ1) is 8.70. The highest BCUT2D eigenvalue weighted by atomic mass is 35.5. The van der Waals surface area contributed by atoms with Crippen molar-refractivity contribution in [3.63, 3.8) is 0 Å². The van der Waals surface area contributed by atoms with E-state index < -0.39 is 0 Å². The molecule has 0 unspecified atom stereocenters. The summed E-state index contributed by atoms with van der Waals surface area (Å²) in [6, 6.07) is 15.9. The maximum Gasteiger partial charge on any atom is 0.0602 e. The Bertz CT molecular complexity index is 525. The summed E-state index contributed by atoms with van der Waals surface area (Å²) in [4.78, 5) is 2.24. The predicted molar refractivity (Wildman–Crippen MR) is 79.0 cm³/mol. The lowest BCUT2D eigenvalue weighted by molar-refractivity contribution is 0.833. The third-order valence-electron chi connectivity index (χ3n) is 2.92. The van der Waals surface area contributed by atoms with Gasteiger partial charge in [0.05, 0.1) is 11.4 Å². The highest BCUT2D eigenvalue weighted by Crippen LogP contribution is 2.24. The third-order valence-corrected chi connectivity index (χ3v) is 3.16. The van der Waals surface area contributed by atoms with Crippen LogP contribution in [0, 0.1) is 0 Å². The number of hydrogen-bond donors (Lipinski definition) is 1. The fourth-order valence-corrected chi connectivity index (χ4v) is 2.21. The molecular formula is C15H17ClN2. The summed E-state index contributed by atoms with van der Waals surface area (Å²) in [5.74, 6) is 0. The number of nitrogens with zero attached hydrogens (tertiary/aromatic N) is 1. The molecule has 94 valence electrons. The van der Waals surface area contributed by atoms with Gasteiger partial charge in [0.15, 0.2) is 0 Å². The Morgan fingerprint density at radius 2 is 1.89 bits per heavy atom. The van der Waals surface area contributed by atoms with Crippen molar-refractivity contribution < 1.29 is 0 Å². The van der Waals surface area contributed by atoms with E-state index in [2.05, 4.69) is 17.9 Å². The Balaban J connectivity index is 2.23. The lowest BCUT2D eigenvalue weighted by Gasteiger charge is -2.24. The SMILES string of the molecule is CCN(Cc1cccc(Cl)c1)c1ccccc1N. The number of rotatable bonds is 4. The Labute approximate surface area is 113 Å². The predicted octanol–water partition coefficient (Wildman–Crippen LogP) is 3.95. The summed E-state index contributed by atoms with van der Waals surface area (Å²) in [5.41, 5.74) is 9.08. The van der Waals surface area contributed by atoms with Crippen LogP contribution in [-0.2, 0) is 6.54 Å². The summed E-state index contributed by atoms with van der Waals surface area (Å²) in [5, 5.41) is 0.768. The van der Waals surface area contributed by atoms with Crippen molar-refractivity contribution >= 4 is 23.0 Å². The number of halogens is 1. The molecule has 2 aromatic carbocycles. The number of nitrogens with two attached hydrogens (primary N) is 1. The van der Waals surface area contributed by atoms with Crippen LogP contribution in [0.15, 0.2) is 48.5 Å². The van der Waals surface area contributed by atoms with Crippen LogP contribution in [0.3, 0.4) is 0 Å². The van der Waals surface area contributed by atoms with Crippen LogP contribution in [0.4, 0.5) is 11.4 Å². The Morgan fingerprint density at radius 1 is 1.11 bits per heavy atom. The van der Waals surface area contributed by atoms with E-state index in [9.17, 15) is 0 Å². The summed E-state index contributed by atoms with van der Waals surface area (Å²) in [6.45, 7) is 3.84. The lowest BCUT2D eigenvalue weighted by Crippen LogP contribution is -2.22. The molecule has 0 aliphatic carbocycles. The normalized spacial score (nSPS) is 10.3. The van der Waals surface area contributed by atoms with Crippen LogP contribution in [0.1, 0.15) is 12.5 Å². The van der Waals surface area contributed by atoms with Gasteiger partial charge in [-0.05, 0) is 36.8 Å². The average Bonchev–Trinajstić information content (AvgIpc) is 2.37. The molecule has 3 heteroatoms. The Morgan fingerprint density at radius 3 is 2.56 bits per heavy atom. The number of para-hydroxylation sites is 2. The molecule has 2 nitrogen and oxygen atoms in total. The van der Waals surface area contributed by atoms with Gasteiger partial charge in [0.1, 0.15) is 0 Å². The molecule has 2 N–H and O–H groups in total. The maximum absolute atomic E-state index is 6.01. The standard InChI is InChI=1S/C15H17ClN2/c1-2-18(15-9-4-3-8-14(15)17)11-12-6-5-7-13(16)10-12/h3-10H,2,11,17H2,1H3. The quantitative estimate of drug-likeness (QED) is 0.844. The van der Waals surface area contributed by atoms with Gasteiger partial charge in [-0.1, -0.05) is 35.9 Å². The van der Waals surface area contributed by atoms with E-state index in [-0.39, 0.29) is 0 Å². The molecule has 0 atom stereocenters. The zero-order chi connectivity index (χ0) is 13.0. The maximum atomic E-state index is 6.01. The van der Waals surface area contributed by atoms with Crippen molar-refractivity contribution in [1.29, 1.82) is 0 Å². The molecule has 2 rings (SSSR count). The minimum Gasteiger partial charge on any atom is -0.397 e. The monoisotopic (exact) mass is 260 g/mol. The van der Waals surface area contributed by atoms with Gasteiger partial charge in [-0.25, -0.2) is 0 Å². The van der Waals surface area contributed by atoms with Gasteiger partial charge in [-0.3, -0.25) is 0 Å². The second-order valence-electron chi connectivity index (χ2n) is 4.20. The smallest absolute Gasteiger partial charge is 0.0602 e. The van der Waals surface area contributed by atoms with Crippen molar-refractivity contribution in [2.75, 3.05) is 17.2 Å². The first-order valence-electron chi connectivity index (χ1n) is 6.04. The van der Waals surface area contributed by atoms with Crippen LogP contribution in [0.2, 0.25) is 5.02 Å². The van der Waals surface area contributed by atoms with Gasteiger partial charge in [-0.15, -0.1) is 0 Å². The Kier molecular flexibility index (Phi) is 4.11. The highest BCUT2D eigenvalue weighted by molar-refractivity contribution is 6.30. The van der Waals surface area contributed by atoms with E-state index in [1.54, 1.807) is 0 Å². The van der Waals surface area contributed by atoms with E-state index in [0.29, 0.717) is 0 Å². The second-order valence-corrected chi connectivity index (χ2v) is 4.64. The molecule has 0 aliphatic rings. The molecule has 18 heavy (non-hydrogen) atoms. The molecule has 0 saturated heterocycles. The van der Waals surface area contributed by atoms with E-state index in [1.807, 2.05) is 42.5 Å². The minimum atomic E-state index is 0.768. The van der Waals surface area contributed by atoms with Gasteiger partial charge in [-0.2, -0.15) is 0 Å². The summed E-state index contributed by atoms with van der Waals surface area (Å²) < 4.78 is 0. The fourth-order valence-electron chi connectivity index (χ4n) is 2.00. The van der Waals surface area contributed by atoms with E-state index >= 15 is 0 Å². The summed E-state index contributed by atoms with van der Waals surface area (Å²) in [6.07, 6.45) is 0. The molecule has 0 heterocycles. The van der Waals surface area contributed by atoms with Crippen molar-refractivity contribution in [1.82, 2.24) is 0 Å². The fraction of sp³-hybridized carbons (Fsp3) is 0.200. The largest absolute Gasteiger partial charge is 0.397 e. The summed E-state index contributed by atoms with van der Waals surface area (Å²) in [7, 11) is 0. The average molecular weight is 261 g/mol. The van der Waals surface area contributed by atoms with Gasteiger partial charge >= 0.3 is 0 Å². The molecule has 0 bridgehead atoms. The zero-order valence-electron chi connectivity index (χ0n) is 10.4. The second kappa shape index (κ2) is 5.78. The molecule has 0 aliphatic heterocycles. The zero-order valence-corrected chi connectivity index (χ0v) is 11.2. The minimum absolute atomic E-state index is 0.768. The van der Waals surface area contributed by atoms with Crippen LogP contribution in [0.5, 0.6) is 0 Å². The first kappa shape index (κ1) is 12.8. The number of anilines is 2. The van der Waals surface area contributed by atoms with Crippen molar-refractivity contribution in [2.45, 2.75) is 13.5 Å². The van der Waals surface area contributed by atoms with Crippen molar-refractivity contribution in [3.05, 3.63) is 59.1 Å². The summed E-state index contributed by atoms with van der Waals surface area (Å²) >= 11 is 6.01. The van der Waals surface area contributed by atoms with Crippen LogP contribution >= 0.6 is 11.6 Å². The van der Waals surface area contributed by atoms with Gasteiger partial charge in [0, 0.05) is 18.1 Å². The molecule has 0 fully saturated rings. The molecule has 0 radical (unpaired) electrons. The van der Waals surface area contributed by atoms with Gasteiger partial charge in [0.25, 0.3) is 0 Å². The molecule has 0 amide bonds. The molecule has 2 aromatic rings. The Hall–Kier alpha value is -1.67. The number of benzene rings is 2. The third kappa shape index (κ3) is 2.96. The molecule has 0 saturated carbocycles. The van der Waals surface area contributed by atoms with Gasteiger partial charge < -0.3 is 10.6 Å². The molecule has 0 spiro atoms. The highest BCUT2D eigenvalue weighted by Gasteiger charge is 2.08. The number of nitrogen functional groups attached to an aromatic ring is 1. The molecule has 0 aromatic heterocycles. The van der Waals surface area contributed by atoms with Crippen LogP contribution in [0.25, 0.3) is 0 Å². The lowest BCUT2D eigenvalue weighted by atomic mass is 10.2. The van der Waals surface area contributed by atoms with Crippen molar-refractivity contribution in [2.24, 2.45) is 0 Å². The molecular weight excluding hydrogens is 244 g/mol. The van der Waals surface area contributed by atoms with Crippen molar-refractivity contribution in [3.8, 4) is 0 Å². The van der Waals surface area contributed by atoms with Crippen LogP contribution < -0.4 is 10.6 Å².